The van der Waals surface area contributed by atoms with Crippen molar-refractivity contribution in [1.82, 2.24) is 4.31 Å². The summed E-state index contributed by atoms with van der Waals surface area (Å²) in [5.41, 5.74) is 0.930. The topological polar surface area (TPSA) is 83.9 Å². The zero-order chi connectivity index (χ0) is 16.3. The predicted molar refractivity (Wildman–Crippen MR) is 80.6 cm³/mol. The molecular formula is C15H19NO5S. The second kappa shape index (κ2) is 6.60. The van der Waals surface area contributed by atoms with Gasteiger partial charge < -0.3 is 9.84 Å². The third kappa shape index (κ3) is 3.21. The molecule has 1 aromatic carbocycles. The zero-order valence-corrected chi connectivity index (χ0v) is 13.3. The Bertz CT molecular complexity index is 666. The van der Waals surface area contributed by atoms with Crippen molar-refractivity contribution in [2.45, 2.75) is 30.9 Å². The van der Waals surface area contributed by atoms with Crippen LogP contribution in [0.3, 0.4) is 0 Å². The lowest BCUT2D eigenvalue weighted by molar-refractivity contribution is -0.150. The molecule has 7 heteroatoms. The van der Waals surface area contributed by atoms with Crippen molar-refractivity contribution in [2.75, 3.05) is 13.2 Å². The number of aryl methyl sites for hydroxylation is 1. The highest BCUT2D eigenvalue weighted by Gasteiger charge is 2.41. The molecule has 0 aliphatic carbocycles. The fraction of sp³-hybridized carbons (Fsp3) is 0.400. The van der Waals surface area contributed by atoms with Crippen LogP contribution in [0.15, 0.2) is 41.3 Å². The van der Waals surface area contributed by atoms with Crippen molar-refractivity contribution in [1.29, 1.82) is 0 Å². The normalized spacial score (nSPS) is 22.5. The van der Waals surface area contributed by atoms with Crippen LogP contribution in [-0.2, 0) is 19.6 Å². The van der Waals surface area contributed by atoms with Crippen LogP contribution < -0.4 is 0 Å². The van der Waals surface area contributed by atoms with Crippen molar-refractivity contribution in [3.05, 3.63) is 42.0 Å². The average Bonchev–Trinajstić information content (AvgIpc) is 2.47. The van der Waals surface area contributed by atoms with E-state index in [1.54, 1.807) is 19.1 Å². The molecule has 0 saturated heterocycles. The molecule has 0 radical (unpaired) electrons. The number of nitrogens with zero attached hydrogens (tertiary/aromatic N) is 1. The molecule has 22 heavy (non-hydrogen) atoms. The lowest BCUT2D eigenvalue weighted by atomic mass is 10.1. The Labute approximate surface area is 130 Å². The first kappa shape index (κ1) is 16.7. The summed E-state index contributed by atoms with van der Waals surface area (Å²) in [7, 11) is -3.90. The van der Waals surface area contributed by atoms with Crippen LogP contribution in [0.25, 0.3) is 0 Å². The second-order valence-corrected chi connectivity index (χ2v) is 6.89. The monoisotopic (exact) mass is 325 g/mol. The molecule has 1 aromatic rings. The first-order valence-corrected chi connectivity index (χ1v) is 8.42. The van der Waals surface area contributed by atoms with Gasteiger partial charge in [0.05, 0.1) is 17.6 Å². The Balaban J connectivity index is 2.40. The molecule has 0 aromatic heterocycles. The molecule has 0 spiro atoms. The number of aliphatic hydroxyl groups excluding tert-OH is 1. The predicted octanol–water partition coefficient (Wildman–Crippen LogP) is 0.848. The molecule has 0 amide bonds. The molecule has 2 rings (SSSR count). The summed E-state index contributed by atoms with van der Waals surface area (Å²) in [5.74, 6) is -0.755. The van der Waals surface area contributed by atoms with Gasteiger partial charge in [-0.15, -0.1) is 0 Å². The maximum absolute atomic E-state index is 12.7. The van der Waals surface area contributed by atoms with E-state index in [2.05, 4.69) is 0 Å². The molecule has 120 valence electrons. The van der Waals surface area contributed by atoms with Crippen molar-refractivity contribution < 1.29 is 23.1 Å². The molecule has 1 aliphatic heterocycles. The standard InChI is InChI=1S/C15H19NO5S/c1-3-21-15(18)14-13(17)5-4-10-16(14)22(19,20)12-8-6-11(2)7-9-12/h4-9,13-14,17H,3,10H2,1-2H3/t13-,14-/m1/s1. The van der Waals surface area contributed by atoms with Gasteiger partial charge in [-0.25, -0.2) is 8.42 Å². The third-order valence-electron chi connectivity index (χ3n) is 3.41. The van der Waals surface area contributed by atoms with Gasteiger partial charge in [-0.05, 0) is 26.0 Å². The van der Waals surface area contributed by atoms with Gasteiger partial charge in [-0.2, -0.15) is 4.31 Å². The van der Waals surface area contributed by atoms with Crippen LogP contribution in [0.4, 0.5) is 0 Å². The summed E-state index contributed by atoms with van der Waals surface area (Å²) in [4.78, 5) is 12.1. The highest BCUT2D eigenvalue weighted by molar-refractivity contribution is 7.89. The van der Waals surface area contributed by atoms with Gasteiger partial charge in [-0.3, -0.25) is 4.79 Å². The number of esters is 1. The lowest BCUT2D eigenvalue weighted by Gasteiger charge is -2.33. The second-order valence-electron chi connectivity index (χ2n) is 5.00. The minimum atomic E-state index is -3.90. The van der Waals surface area contributed by atoms with Gasteiger partial charge in [0.1, 0.15) is 0 Å². The Morgan fingerprint density at radius 2 is 2.00 bits per heavy atom. The molecule has 1 heterocycles. The Hall–Kier alpha value is -1.70. The van der Waals surface area contributed by atoms with Crippen molar-refractivity contribution in [3.8, 4) is 0 Å². The first-order chi connectivity index (χ1) is 10.4. The molecular weight excluding hydrogens is 306 g/mol. The number of hydrogen-bond donors (Lipinski definition) is 1. The number of sulfonamides is 1. The van der Waals surface area contributed by atoms with E-state index >= 15 is 0 Å². The molecule has 0 unspecified atom stereocenters. The molecule has 0 bridgehead atoms. The van der Waals surface area contributed by atoms with Crippen LogP contribution in [0.2, 0.25) is 0 Å². The Morgan fingerprint density at radius 3 is 2.59 bits per heavy atom. The quantitative estimate of drug-likeness (QED) is 0.655. The molecule has 6 nitrogen and oxygen atoms in total. The van der Waals surface area contributed by atoms with E-state index in [-0.39, 0.29) is 18.0 Å². The maximum Gasteiger partial charge on any atom is 0.327 e. The highest BCUT2D eigenvalue weighted by atomic mass is 32.2. The van der Waals surface area contributed by atoms with Crippen LogP contribution in [-0.4, -0.2) is 49.1 Å². The van der Waals surface area contributed by atoms with Gasteiger partial charge in [0.25, 0.3) is 0 Å². The van der Waals surface area contributed by atoms with Crippen LogP contribution >= 0.6 is 0 Å². The summed E-state index contributed by atoms with van der Waals surface area (Å²) in [6, 6.07) is 5.07. The van der Waals surface area contributed by atoms with Crippen molar-refractivity contribution in [3.63, 3.8) is 0 Å². The lowest BCUT2D eigenvalue weighted by Crippen LogP contribution is -2.53. The number of aliphatic hydroxyl groups is 1. The molecule has 1 N–H and O–H groups in total. The number of hydrogen-bond acceptors (Lipinski definition) is 5. The third-order valence-corrected chi connectivity index (χ3v) is 5.27. The number of carbonyl (C=O) groups excluding carboxylic acids is 1. The van der Waals surface area contributed by atoms with E-state index in [0.717, 1.165) is 9.87 Å². The van der Waals surface area contributed by atoms with E-state index in [0.29, 0.717) is 0 Å². The fourth-order valence-corrected chi connectivity index (χ4v) is 3.81. The highest BCUT2D eigenvalue weighted by Crippen LogP contribution is 2.24. The SMILES string of the molecule is CCOC(=O)[C@H]1[C@H](O)C=CCN1S(=O)(=O)c1ccc(C)cc1. The van der Waals surface area contributed by atoms with Crippen LogP contribution in [0.1, 0.15) is 12.5 Å². The van der Waals surface area contributed by atoms with Crippen molar-refractivity contribution in [2.24, 2.45) is 0 Å². The summed E-state index contributed by atoms with van der Waals surface area (Å²) < 4.78 is 31.3. The summed E-state index contributed by atoms with van der Waals surface area (Å²) in [5, 5.41) is 10.00. The largest absolute Gasteiger partial charge is 0.465 e. The fourth-order valence-electron chi connectivity index (χ4n) is 2.27. The maximum atomic E-state index is 12.7. The van der Waals surface area contributed by atoms with E-state index in [1.807, 2.05) is 6.92 Å². The average molecular weight is 325 g/mol. The summed E-state index contributed by atoms with van der Waals surface area (Å²) in [6.45, 7) is 3.61. The first-order valence-electron chi connectivity index (χ1n) is 6.97. The zero-order valence-electron chi connectivity index (χ0n) is 12.5. The molecule has 1 aliphatic rings. The minimum Gasteiger partial charge on any atom is -0.465 e. The minimum absolute atomic E-state index is 0.0107. The summed E-state index contributed by atoms with van der Waals surface area (Å²) >= 11 is 0. The summed E-state index contributed by atoms with van der Waals surface area (Å²) in [6.07, 6.45) is 1.70. The van der Waals surface area contributed by atoms with E-state index < -0.39 is 28.1 Å². The van der Waals surface area contributed by atoms with Crippen molar-refractivity contribution >= 4 is 16.0 Å². The van der Waals surface area contributed by atoms with Gasteiger partial charge in [0.15, 0.2) is 6.04 Å². The van der Waals surface area contributed by atoms with Gasteiger partial charge in [-0.1, -0.05) is 29.8 Å². The van der Waals surface area contributed by atoms with Crippen LogP contribution in [0.5, 0.6) is 0 Å². The number of rotatable bonds is 4. The van der Waals surface area contributed by atoms with Crippen LogP contribution in [0, 0.1) is 6.92 Å². The Morgan fingerprint density at radius 1 is 1.36 bits per heavy atom. The molecule has 2 atom stereocenters. The van der Waals surface area contributed by atoms with Gasteiger partial charge >= 0.3 is 5.97 Å². The Kier molecular flexibility index (Phi) is 5.00. The number of ether oxygens (including phenoxy) is 1. The van der Waals surface area contributed by atoms with Gasteiger partial charge in [0, 0.05) is 6.54 Å². The number of benzene rings is 1. The van der Waals surface area contributed by atoms with E-state index in [1.165, 1.54) is 24.3 Å². The smallest absolute Gasteiger partial charge is 0.327 e. The van der Waals surface area contributed by atoms with E-state index in [4.69, 9.17) is 4.74 Å². The van der Waals surface area contributed by atoms with Gasteiger partial charge in [0.2, 0.25) is 10.0 Å². The van der Waals surface area contributed by atoms with E-state index in [9.17, 15) is 18.3 Å². The molecule has 0 fully saturated rings. The number of carbonyl (C=O) groups is 1. The molecule has 0 saturated carbocycles.